The van der Waals surface area contributed by atoms with Gasteiger partial charge in [0, 0.05) is 24.7 Å². The predicted molar refractivity (Wildman–Crippen MR) is 85.3 cm³/mol. The van der Waals surface area contributed by atoms with E-state index >= 15 is 0 Å². The number of hydrogen-bond donors (Lipinski definition) is 1. The summed E-state index contributed by atoms with van der Waals surface area (Å²) in [6, 6.07) is 8.31. The second-order valence-corrected chi connectivity index (χ2v) is 5.21. The number of pyridine rings is 1. The summed E-state index contributed by atoms with van der Waals surface area (Å²) in [5.74, 6) is 0.666. The Morgan fingerprint density at radius 3 is 2.73 bits per heavy atom. The molecule has 0 fully saturated rings. The minimum Gasteiger partial charge on any atom is -0.508 e. The van der Waals surface area contributed by atoms with Crippen LogP contribution in [0.5, 0.6) is 5.75 Å². The number of phenolic OH excluding ortho intramolecular Hbond substituents is 1. The van der Waals surface area contributed by atoms with Crippen molar-refractivity contribution in [1.29, 1.82) is 0 Å². The van der Waals surface area contributed by atoms with E-state index in [1.165, 1.54) is 12.3 Å². The first-order chi connectivity index (χ1) is 10.5. The van der Waals surface area contributed by atoms with Crippen molar-refractivity contribution < 1.29 is 10.0 Å². The largest absolute Gasteiger partial charge is 0.508 e. The highest BCUT2D eigenvalue weighted by atomic mass is 35.5. The Bertz CT molecular complexity index is 679. The highest BCUT2D eigenvalue weighted by Gasteiger charge is 2.17. The van der Waals surface area contributed by atoms with Crippen LogP contribution in [0.4, 0.5) is 11.5 Å². The molecule has 2 aromatic rings. The standard InChI is InChI=1S/C15H16ClN3O3/c1-2-7-18(10-11-5-3-4-6-14(11)20)15-13(16)8-12(9-17-15)19(21)22/h3-6,8-9,20H,2,7,10H2,1H3. The van der Waals surface area contributed by atoms with E-state index in [0.29, 0.717) is 18.9 Å². The Balaban J connectivity index is 2.32. The van der Waals surface area contributed by atoms with Gasteiger partial charge in [-0.3, -0.25) is 10.1 Å². The quantitative estimate of drug-likeness (QED) is 0.647. The first kappa shape index (κ1) is 16.0. The minimum atomic E-state index is -0.532. The average molecular weight is 322 g/mol. The van der Waals surface area contributed by atoms with Gasteiger partial charge in [0.2, 0.25) is 0 Å². The van der Waals surface area contributed by atoms with Crippen molar-refractivity contribution in [3.05, 3.63) is 57.2 Å². The number of aromatic nitrogens is 1. The maximum atomic E-state index is 10.8. The second-order valence-electron chi connectivity index (χ2n) is 4.81. The third kappa shape index (κ3) is 3.65. The summed E-state index contributed by atoms with van der Waals surface area (Å²) in [5, 5.41) is 20.9. The van der Waals surface area contributed by atoms with Crippen LogP contribution in [0.3, 0.4) is 0 Å². The third-order valence-electron chi connectivity index (χ3n) is 3.16. The molecule has 0 bridgehead atoms. The molecule has 22 heavy (non-hydrogen) atoms. The van der Waals surface area contributed by atoms with E-state index in [-0.39, 0.29) is 16.5 Å². The molecule has 7 heteroatoms. The molecule has 0 spiro atoms. The summed E-state index contributed by atoms with van der Waals surface area (Å²) in [4.78, 5) is 16.2. The molecular weight excluding hydrogens is 306 g/mol. The van der Waals surface area contributed by atoms with Crippen LogP contribution < -0.4 is 4.90 Å². The second kappa shape index (κ2) is 7.09. The molecule has 1 N–H and O–H groups in total. The number of nitrogens with zero attached hydrogens (tertiary/aromatic N) is 3. The van der Waals surface area contributed by atoms with Gasteiger partial charge in [0.25, 0.3) is 5.69 Å². The lowest BCUT2D eigenvalue weighted by molar-refractivity contribution is -0.385. The fourth-order valence-corrected chi connectivity index (χ4v) is 2.41. The lowest BCUT2D eigenvalue weighted by Crippen LogP contribution is -2.25. The van der Waals surface area contributed by atoms with Crippen LogP contribution in [0, 0.1) is 10.1 Å². The summed E-state index contributed by atoms with van der Waals surface area (Å²) in [7, 11) is 0. The Morgan fingerprint density at radius 1 is 1.41 bits per heavy atom. The van der Waals surface area contributed by atoms with Gasteiger partial charge in [0.1, 0.15) is 17.8 Å². The van der Waals surface area contributed by atoms with Crippen LogP contribution in [-0.4, -0.2) is 21.6 Å². The molecule has 1 aromatic carbocycles. The number of rotatable bonds is 6. The molecule has 1 aromatic heterocycles. The van der Waals surface area contributed by atoms with Gasteiger partial charge in [0.05, 0.1) is 9.95 Å². The van der Waals surface area contributed by atoms with Gasteiger partial charge >= 0.3 is 0 Å². The smallest absolute Gasteiger partial charge is 0.289 e. The van der Waals surface area contributed by atoms with Crippen molar-refractivity contribution in [2.75, 3.05) is 11.4 Å². The molecule has 1 heterocycles. The van der Waals surface area contributed by atoms with Gasteiger partial charge < -0.3 is 10.0 Å². The fourth-order valence-electron chi connectivity index (χ4n) is 2.13. The van der Waals surface area contributed by atoms with Crippen LogP contribution >= 0.6 is 11.6 Å². The van der Waals surface area contributed by atoms with Crippen LogP contribution in [0.2, 0.25) is 5.02 Å². The van der Waals surface area contributed by atoms with E-state index in [0.717, 1.165) is 12.0 Å². The number of phenols is 1. The summed E-state index contributed by atoms with van der Waals surface area (Å²) < 4.78 is 0. The number of aromatic hydroxyl groups is 1. The SMILES string of the molecule is CCCN(Cc1ccccc1O)c1ncc([N+](=O)[O-])cc1Cl. The number of benzene rings is 1. The summed E-state index contributed by atoms with van der Waals surface area (Å²) >= 11 is 6.14. The summed E-state index contributed by atoms with van der Waals surface area (Å²) in [6.07, 6.45) is 2.04. The zero-order chi connectivity index (χ0) is 16.1. The molecule has 116 valence electrons. The number of nitro groups is 1. The Kier molecular flexibility index (Phi) is 5.16. The van der Waals surface area contributed by atoms with E-state index in [2.05, 4.69) is 4.98 Å². The van der Waals surface area contributed by atoms with Crippen molar-refractivity contribution in [2.45, 2.75) is 19.9 Å². The van der Waals surface area contributed by atoms with E-state index in [4.69, 9.17) is 11.6 Å². The van der Waals surface area contributed by atoms with Crippen LogP contribution in [0.25, 0.3) is 0 Å². The zero-order valence-corrected chi connectivity index (χ0v) is 12.8. The number of halogens is 1. The fraction of sp³-hybridized carbons (Fsp3) is 0.267. The highest BCUT2D eigenvalue weighted by Crippen LogP contribution is 2.29. The van der Waals surface area contributed by atoms with Gasteiger partial charge in [-0.05, 0) is 12.5 Å². The Labute approximate surface area is 133 Å². The maximum Gasteiger partial charge on any atom is 0.289 e. The van der Waals surface area contributed by atoms with Crippen molar-refractivity contribution in [2.24, 2.45) is 0 Å². The first-order valence-corrected chi connectivity index (χ1v) is 7.22. The van der Waals surface area contributed by atoms with E-state index < -0.39 is 4.92 Å². The molecule has 0 aliphatic carbocycles. The molecule has 2 rings (SSSR count). The molecule has 0 radical (unpaired) electrons. The number of anilines is 1. The molecule has 0 aliphatic rings. The topological polar surface area (TPSA) is 79.5 Å². The van der Waals surface area contributed by atoms with Crippen LogP contribution in [-0.2, 0) is 6.54 Å². The normalized spacial score (nSPS) is 10.5. The Morgan fingerprint density at radius 2 is 2.14 bits per heavy atom. The van der Waals surface area contributed by atoms with Crippen molar-refractivity contribution >= 4 is 23.1 Å². The van der Waals surface area contributed by atoms with Crippen molar-refractivity contribution in [3.8, 4) is 5.75 Å². The van der Waals surface area contributed by atoms with Crippen molar-refractivity contribution in [1.82, 2.24) is 4.98 Å². The van der Waals surface area contributed by atoms with Gasteiger partial charge in [-0.15, -0.1) is 0 Å². The predicted octanol–water partition coefficient (Wildman–Crippen LogP) is 3.77. The minimum absolute atomic E-state index is 0.146. The molecule has 0 unspecified atom stereocenters. The maximum absolute atomic E-state index is 10.8. The summed E-state index contributed by atoms with van der Waals surface area (Å²) in [5.41, 5.74) is 0.597. The van der Waals surface area contributed by atoms with E-state index in [9.17, 15) is 15.2 Å². The van der Waals surface area contributed by atoms with Gasteiger partial charge in [-0.2, -0.15) is 0 Å². The molecule has 0 saturated heterocycles. The lowest BCUT2D eigenvalue weighted by Gasteiger charge is -2.24. The monoisotopic (exact) mass is 321 g/mol. The van der Waals surface area contributed by atoms with E-state index in [1.54, 1.807) is 12.1 Å². The summed E-state index contributed by atoms with van der Waals surface area (Å²) in [6.45, 7) is 3.10. The molecule has 6 nitrogen and oxygen atoms in total. The van der Waals surface area contributed by atoms with Crippen LogP contribution in [0.1, 0.15) is 18.9 Å². The van der Waals surface area contributed by atoms with Gasteiger partial charge in [0.15, 0.2) is 0 Å². The third-order valence-corrected chi connectivity index (χ3v) is 3.44. The first-order valence-electron chi connectivity index (χ1n) is 6.84. The van der Waals surface area contributed by atoms with Crippen LogP contribution in [0.15, 0.2) is 36.5 Å². The molecule has 0 aliphatic heterocycles. The number of hydrogen-bond acceptors (Lipinski definition) is 5. The molecule has 0 amide bonds. The number of para-hydroxylation sites is 1. The molecular formula is C15H16ClN3O3. The zero-order valence-electron chi connectivity index (χ0n) is 12.1. The van der Waals surface area contributed by atoms with Gasteiger partial charge in [-0.25, -0.2) is 4.98 Å². The van der Waals surface area contributed by atoms with Gasteiger partial charge in [-0.1, -0.05) is 36.7 Å². The lowest BCUT2D eigenvalue weighted by atomic mass is 10.2. The average Bonchev–Trinajstić information content (AvgIpc) is 2.49. The Hall–Kier alpha value is -2.34. The van der Waals surface area contributed by atoms with E-state index in [1.807, 2.05) is 24.0 Å². The molecule has 0 atom stereocenters. The van der Waals surface area contributed by atoms with Crippen molar-refractivity contribution in [3.63, 3.8) is 0 Å². The highest BCUT2D eigenvalue weighted by molar-refractivity contribution is 6.33. The molecule has 0 saturated carbocycles.